The molecule has 2 N–H and O–H groups in total. The number of β-amino-alcohol motifs (C(OH)–C–C–N with tert-alkyl or cyclic N) is 1. The van der Waals surface area contributed by atoms with Crippen molar-refractivity contribution in [3.63, 3.8) is 0 Å². The van der Waals surface area contributed by atoms with Gasteiger partial charge in [-0.1, -0.05) is 44.6 Å². The van der Waals surface area contributed by atoms with Crippen LogP contribution in [-0.4, -0.2) is 29.1 Å². The first kappa shape index (κ1) is 26.7. The average Bonchev–Trinajstić information content (AvgIpc) is 2.79. The predicted molar refractivity (Wildman–Crippen MR) is 133 cm³/mol. The Bertz CT molecular complexity index is 804. The SMILES string of the molecule is CC(C)(C)NCC(O)c1ccc(OC(=O)CC2CCCCC2)c(OC(=O)CC2CCCCC2)c1. The summed E-state index contributed by atoms with van der Waals surface area (Å²) in [6, 6.07) is 5.01. The molecule has 2 fully saturated rings. The van der Waals surface area contributed by atoms with Gasteiger partial charge in [-0.15, -0.1) is 0 Å². The molecule has 0 bridgehead atoms. The monoisotopic (exact) mass is 473 g/mol. The second kappa shape index (κ2) is 12.7. The van der Waals surface area contributed by atoms with E-state index in [4.69, 9.17) is 9.47 Å². The highest BCUT2D eigenvalue weighted by atomic mass is 16.6. The van der Waals surface area contributed by atoms with Gasteiger partial charge in [-0.2, -0.15) is 0 Å². The third-order valence-electron chi connectivity index (χ3n) is 6.99. The van der Waals surface area contributed by atoms with Crippen molar-refractivity contribution in [3.05, 3.63) is 23.8 Å². The minimum atomic E-state index is -0.776. The van der Waals surface area contributed by atoms with Crippen molar-refractivity contribution in [2.75, 3.05) is 6.54 Å². The van der Waals surface area contributed by atoms with Crippen LogP contribution in [0.4, 0.5) is 0 Å². The number of aliphatic hydroxyl groups excluding tert-OH is 1. The fourth-order valence-electron chi connectivity index (χ4n) is 5.00. The van der Waals surface area contributed by atoms with Crippen LogP contribution in [0.2, 0.25) is 0 Å². The molecule has 2 saturated carbocycles. The molecule has 1 atom stereocenters. The zero-order valence-corrected chi connectivity index (χ0v) is 21.2. The third kappa shape index (κ3) is 9.03. The molecule has 0 heterocycles. The lowest BCUT2D eigenvalue weighted by Gasteiger charge is -2.24. The van der Waals surface area contributed by atoms with Crippen LogP contribution in [0.3, 0.4) is 0 Å². The Labute approximate surface area is 204 Å². The summed E-state index contributed by atoms with van der Waals surface area (Å²) >= 11 is 0. The number of aliphatic hydroxyl groups is 1. The third-order valence-corrected chi connectivity index (χ3v) is 6.99. The lowest BCUT2D eigenvalue weighted by atomic mass is 9.87. The Morgan fingerprint density at radius 1 is 0.882 bits per heavy atom. The molecule has 0 aromatic heterocycles. The summed E-state index contributed by atoms with van der Waals surface area (Å²) in [5.41, 5.74) is 0.481. The number of nitrogens with one attached hydrogen (secondary N) is 1. The summed E-state index contributed by atoms with van der Waals surface area (Å²) in [6.07, 6.45) is 11.3. The van der Waals surface area contributed by atoms with E-state index in [0.29, 0.717) is 36.8 Å². The van der Waals surface area contributed by atoms with Crippen LogP contribution in [0.25, 0.3) is 0 Å². The molecule has 6 heteroatoms. The maximum absolute atomic E-state index is 12.7. The van der Waals surface area contributed by atoms with Gasteiger partial charge in [0.25, 0.3) is 0 Å². The Balaban J connectivity index is 1.70. The number of carbonyl (C=O) groups excluding carboxylic acids is 2. The molecular formula is C28H43NO5. The standard InChI is InChI=1S/C28H43NO5/c1-28(2,3)29-19-23(30)22-14-15-24(33-26(31)16-20-10-6-4-7-11-20)25(18-22)34-27(32)17-21-12-8-5-9-13-21/h14-15,18,20-21,23,29-30H,4-13,16-17,19H2,1-3H3. The van der Waals surface area contributed by atoms with Crippen LogP contribution in [0.1, 0.15) is 109 Å². The van der Waals surface area contributed by atoms with Crippen molar-refractivity contribution >= 4 is 11.9 Å². The van der Waals surface area contributed by atoms with Crippen LogP contribution >= 0.6 is 0 Å². The number of hydrogen-bond acceptors (Lipinski definition) is 6. The number of esters is 2. The van der Waals surface area contributed by atoms with Gasteiger partial charge in [-0.05, 0) is 76.0 Å². The first-order valence-electron chi connectivity index (χ1n) is 13.2. The van der Waals surface area contributed by atoms with Gasteiger partial charge >= 0.3 is 11.9 Å². The fraction of sp³-hybridized carbons (Fsp3) is 0.714. The minimum absolute atomic E-state index is 0.134. The van der Waals surface area contributed by atoms with Crippen LogP contribution in [0.15, 0.2) is 18.2 Å². The van der Waals surface area contributed by atoms with Crippen LogP contribution < -0.4 is 14.8 Å². The molecule has 0 spiro atoms. The molecule has 0 amide bonds. The van der Waals surface area contributed by atoms with Gasteiger partial charge < -0.3 is 19.9 Å². The van der Waals surface area contributed by atoms with Gasteiger partial charge in [0.1, 0.15) is 0 Å². The van der Waals surface area contributed by atoms with Crippen molar-refractivity contribution in [1.82, 2.24) is 5.32 Å². The normalized spacial score (nSPS) is 18.9. The average molecular weight is 474 g/mol. The summed E-state index contributed by atoms with van der Waals surface area (Å²) in [5.74, 6) is 0.573. The van der Waals surface area contributed by atoms with E-state index in [1.165, 1.54) is 12.8 Å². The molecule has 0 saturated heterocycles. The van der Waals surface area contributed by atoms with E-state index in [-0.39, 0.29) is 29.0 Å². The predicted octanol–water partition coefficient (Wildman–Crippen LogP) is 5.86. The largest absolute Gasteiger partial charge is 0.423 e. The van der Waals surface area contributed by atoms with Crippen molar-refractivity contribution < 1.29 is 24.2 Å². The molecule has 0 radical (unpaired) electrons. The smallest absolute Gasteiger partial charge is 0.311 e. The first-order chi connectivity index (χ1) is 16.2. The first-order valence-corrected chi connectivity index (χ1v) is 13.2. The molecule has 1 aromatic carbocycles. The summed E-state index contributed by atoms with van der Waals surface area (Å²) in [7, 11) is 0. The maximum Gasteiger partial charge on any atom is 0.311 e. The van der Waals surface area contributed by atoms with E-state index in [2.05, 4.69) is 5.32 Å². The number of rotatable bonds is 9. The van der Waals surface area contributed by atoms with E-state index in [9.17, 15) is 14.7 Å². The minimum Gasteiger partial charge on any atom is -0.423 e. The van der Waals surface area contributed by atoms with Gasteiger partial charge in [0.15, 0.2) is 11.5 Å². The summed E-state index contributed by atoms with van der Waals surface area (Å²) in [5, 5.41) is 14.0. The van der Waals surface area contributed by atoms with Crippen molar-refractivity contribution in [3.8, 4) is 11.5 Å². The highest BCUT2D eigenvalue weighted by Crippen LogP contribution is 2.34. The van der Waals surface area contributed by atoms with Gasteiger partial charge in [0, 0.05) is 24.9 Å². The van der Waals surface area contributed by atoms with Crippen molar-refractivity contribution in [2.45, 2.75) is 109 Å². The molecule has 2 aliphatic carbocycles. The van der Waals surface area contributed by atoms with E-state index in [1.807, 2.05) is 20.8 Å². The van der Waals surface area contributed by atoms with E-state index in [0.717, 1.165) is 51.4 Å². The molecule has 1 aromatic rings. The van der Waals surface area contributed by atoms with Crippen LogP contribution in [0.5, 0.6) is 11.5 Å². The fourth-order valence-corrected chi connectivity index (χ4v) is 5.00. The highest BCUT2D eigenvalue weighted by molar-refractivity contribution is 5.76. The van der Waals surface area contributed by atoms with Crippen molar-refractivity contribution in [2.24, 2.45) is 11.8 Å². The number of ether oxygens (including phenoxy) is 2. The topological polar surface area (TPSA) is 84.9 Å². The summed E-state index contributed by atoms with van der Waals surface area (Å²) in [4.78, 5) is 25.4. The quantitative estimate of drug-likeness (QED) is 0.345. The van der Waals surface area contributed by atoms with Crippen molar-refractivity contribution in [1.29, 1.82) is 0 Å². The van der Waals surface area contributed by atoms with Gasteiger partial charge in [0.05, 0.1) is 6.10 Å². The Hall–Kier alpha value is -1.92. The number of benzene rings is 1. The molecule has 0 aliphatic heterocycles. The summed E-state index contributed by atoms with van der Waals surface area (Å²) < 4.78 is 11.4. The van der Waals surface area contributed by atoms with E-state index >= 15 is 0 Å². The Morgan fingerprint density at radius 2 is 1.38 bits per heavy atom. The second-order valence-electron chi connectivity index (χ2n) is 11.2. The molecular weight excluding hydrogens is 430 g/mol. The molecule has 3 rings (SSSR count). The lowest BCUT2D eigenvalue weighted by Crippen LogP contribution is -2.38. The summed E-state index contributed by atoms with van der Waals surface area (Å²) in [6.45, 7) is 6.47. The number of carbonyl (C=O) groups is 2. The Morgan fingerprint density at radius 3 is 1.88 bits per heavy atom. The highest BCUT2D eigenvalue weighted by Gasteiger charge is 2.23. The van der Waals surface area contributed by atoms with Gasteiger partial charge in [0.2, 0.25) is 0 Å². The Kier molecular flexibility index (Phi) is 9.96. The van der Waals surface area contributed by atoms with Gasteiger partial charge in [-0.3, -0.25) is 9.59 Å². The zero-order valence-electron chi connectivity index (χ0n) is 21.2. The number of hydrogen-bond donors (Lipinski definition) is 2. The van der Waals surface area contributed by atoms with E-state index < -0.39 is 6.10 Å². The van der Waals surface area contributed by atoms with Gasteiger partial charge in [-0.25, -0.2) is 0 Å². The lowest BCUT2D eigenvalue weighted by molar-refractivity contribution is -0.138. The zero-order chi connectivity index (χ0) is 24.6. The molecule has 1 unspecified atom stereocenters. The molecule has 2 aliphatic rings. The van der Waals surface area contributed by atoms with E-state index in [1.54, 1.807) is 18.2 Å². The molecule has 190 valence electrons. The molecule has 6 nitrogen and oxygen atoms in total. The second-order valence-corrected chi connectivity index (χ2v) is 11.2. The molecule has 34 heavy (non-hydrogen) atoms. The maximum atomic E-state index is 12.7. The van der Waals surface area contributed by atoms with Crippen LogP contribution in [-0.2, 0) is 9.59 Å². The van der Waals surface area contributed by atoms with Crippen LogP contribution in [0, 0.1) is 11.8 Å².